The molecule has 0 radical (unpaired) electrons. The lowest BCUT2D eigenvalue weighted by Gasteiger charge is -2.29. The molecule has 0 saturated carbocycles. The molecular formula is C17H24N4O6S. The molecule has 0 aromatic carbocycles. The van der Waals surface area contributed by atoms with Crippen LogP contribution in [0.4, 0.5) is 5.82 Å². The van der Waals surface area contributed by atoms with E-state index >= 15 is 0 Å². The van der Waals surface area contributed by atoms with Crippen molar-refractivity contribution in [1.82, 2.24) is 14.5 Å². The summed E-state index contributed by atoms with van der Waals surface area (Å²) in [6.07, 6.45) is 9.58. The number of amides is 1. The fraction of sp³-hybridized carbons (Fsp3) is 0.529. The fourth-order valence-electron chi connectivity index (χ4n) is 2.45. The molecule has 0 aliphatic carbocycles. The smallest absolute Gasteiger partial charge is 0.425 e. The van der Waals surface area contributed by atoms with E-state index in [0.717, 1.165) is 5.75 Å². The van der Waals surface area contributed by atoms with Crippen molar-refractivity contribution in [1.29, 1.82) is 0 Å². The number of rotatable bonds is 8. The van der Waals surface area contributed by atoms with Gasteiger partial charge in [-0.25, -0.2) is 29.4 Å². The van der Waals surface area contributed by atoms with Gasteiger partial charge in [0.25, 0.3) is 11.8 Å². The minimum absolute atomic E-state index is 0.0267. The van der Waals surface area contributed by atoms with Crippen LogP contribution in [0.1, 0.15) is 5.76 Å². The van der Waals surface area contributed by atoms with Crippen LogP contribution in [0.15, 0.2) is 21.6 Å². The molecular weight excluding hydrogens is 388 g/mol. The normalized spacial score (nSPS) is 14.7. The van der Waals surface area contributed by atoms with Crippen LogP contribution in [0.3, 0.4) is 0 Å². The summed E-state index contributed by atoms with van der Waals surface area (Å²) >= 11 is 0. The number of aliphatic hydroxyl groups is 1. The molecule has 0 spiro atoms. The molecule has 28 heavy (non-hydrogen) atoms. The molecule has 3 heterocycles. The number of aromatic nitrogens is 3. The number of nitrogens with zero attached hydrogens (tertiary/aromatic N) is 4. The van der Waals surface area contributed by atoms with Crippen LogP contribution < -0.4 is 15.4 Å². The van der Waals surface area contributed by atoms with Gasteiger partial charge in [0, 0.05) is 12.2 Å². The third kappa shape index (κ3) is 4.72. The van der Waals surface area contributed by atoms with Crippen LogP contribution >= 0.6 is 10.0 Å². The number of anilines is 1. The van der Waals surface area contributed by atoms with E-state index in [9.17, 15) is 9.59 Å². The Labute approximate surface area is 163 Å². The van der Waals surface area contributed by atoms with E-state index in [4.69, 9.17) is 19.0 Å². The Balaban J connectivity index is 1.82. The second-order valence-corrected chi connectivity index (χ2v) is 11.7. The highest BCUT2D eigenvalue weighted by Gasteiger charge is 2.29. The van der Waals surface area contributed by atoms with Crippen molar-refractivity contribution in [3.63, 3.8) is 0 Å². The van der Waals surface area contributed by atoms with E-state index in [1.807, 2.05) is 0 Å². The lowest BCUT2D eigenvalue weighted by Crippen LogP contribution is -2.41. The maximum Gasteiger partial charge on any atom is 0.425 e. The summed E-state index contributed by atoms with van der Waals surface area (Å²) in [6, 6.07) is 0. The quantitative estimate of drug-likeness (QED) is 0.609. The fourth-order valence-corrected chi connectivity index (χ4v) is 3.06. The van der Waals surface area contributed by atoms with E-state index < -0.39 is 15.8 Å². The van der Waals surface area contributed by atoms with Crippen molar-refractivity contribution in [2.24, 2.45) is 0 Å². The summed E-state index contributed by atoms with van der Waals surface area (Å²) in [7, 11) is -0.699. The summed E-state index contributed by atoms with van der Waals surface area (Å²) in [5.41, 5.74) is 0. The van der Waals surface area contributed by atoms with Gasteiger partial charge in [0.15, 0.2) is 12.4 Å². The van der Waals surface area contributed by atoms with E-state index in [1.54, 1.807) is 0 Å². The van der Waals surface area contributed by atoms with Gasteiger partial charge in [-0.2, -0.15) is 0 Å². The van der Waals surface area contributed by atoms with E-state index in [1.165, 1.54) is 21.9 Å². The van der Waals surface area contributed by atoms with Gasteiger partial charge in [-0.05, 0) is 18.8 Å². The molecule has 0 unspecified atom stereocenters. The van der Waals surface area contributed by atoms with Crippen molar-refractivity contribution in [3.8, 4) is 11.7 Å². The number of hydrogen-bond donors (Lipinski definition) is 1. The SMILES string of the molecule is CS(C)(C)CCOCN1C(=O)COc2ncc(-n3cc(CCO)oc3=O)nc21. The first kappa shape index (κ1) is 20.4. The lowest BCUT2D eigenvalue weighted by atomic mass is 10.4. The molecule has 1 N–H and O–H groups in total. The van der Waals surface area contributed by atoms with Crippen LogP contribution in [0, 0.1) is 0 Å². The minimum atomic E-state index is -0.699. The van der Waals surface area contributed by atoms with Crippen molar-refractivity contribution in [3.05, 3.63) is 28.7 Å². The van der Waals surface area contributed by atoms with Gasteiger partial charge in [-0.1, -0.05) is 0 Å². The van der Waals surface area contributed by atoms with Crippen LogP contribution in [-0.2, 0) is 16.0 Å². The van der Waals surface area contributed by atoms with E-state index in [2.05, 4.69) is 28.7 Å². The van der Waals surface area contributed by atoms with Crippen molar-refractivity contribution in [2.75, 3.05) is 56.0 Å². The summed E-state index contributed by atoms with van der Waals surface area (Å²) in [6.45, 7) is 0.254. The average Bonchev–Trinajstić information content (AvgIpc) is 2.99. The molecule has 154 valence electrons. The molecule has 1 aliphatic rings. The molecule has 2 aromatic rings. The molecule has 2 aromatic heterocycles. The van der Waals surface area contributed by atoms with Crippen molar-refractivity contribution >= 4 is 21.8 Å². The maximum atomic E-state index is 12.3. The zero-order valence-electron chi connectivity index (χ0n) is 16.1. The number of carbonyl (C=O) groups excluding carboxylic acids is 1. The molecule has 0 bridgehead atoms. The summed E-state index contributed by atoms with van der Waals surface area (Å²) in [5.74, 6) is 0.846. The first-order chi connectivity index (χ1) is 13.3. The second kappa shape index (κ2) is 8.33. The highest BCUT2D eigenvalue weighted by Crippen LogP contribution is 2.34. The average molecular weight is 412 g/mol. The van der Waals surface area contributed by atoms with Crippen molar-refractivity contribution in [2.45, 2.75) is 6.42 Å². The summed E-state index contributed by atoms with van der Waals surface area (Å²) in [5, 5.41) is 8.99. The molecule has 0 saturated heterocycles. The molecule has 0 atom stereocenters. The standard InChI is InChI=1S/C17H24N4O6S/c1-28(2,3)7-6-25-11-21-14(23)10-26-16-15(21)19-13(8-18-16)20-9-12(4-5-22)27-17(20)24/h8-9,22H,4-7,10-11H2,1-3H3. The van der Waals surface area contributed by atoms with E-state index in [-0.39, 0.29) is 49.8 Å². The number of oxazole rings is 1. The summed E-state index contributed by atoms with van der Waals surface area (Å²) < 4.78 is 17.2. The van der Waals surface area contributed by atoms with Gasteiger partial charge in [0.05, 0.1) is 25.6 Å². The van der Waals surface area contributed by atoms with Gasteiger partial charge in [-0.15, -0.1) is 0 Å². The molecule has 11 heteroatoms. The monoisotopic (exact) mass is 412 g/mol. The Bertz CT molecular complexity index is 904. The molecule has 0 fully saturated rings. The Morgan fingerprint density at radius 3 is 2.82 bits per heavy atom. The van der Waals surface area contributed by atoms with Crippen LogP contribution in [0.25, 0.3) is 5.82 Å². The summed E-state index contributed by atoms with van der Waals surface area (Å²) in [4.78, 5) is 34.2. The highest BCUT2D eigenvalue weighted by molar-refractivity contribution is 8.32. The molecule has 3 rings (SSSR count). The predicted octanol–water partition coefficient (Wildman–Crippen LogP) is 0.149. The third-order valence-corrected chi connectivity index (χ3v) is 5.34. The largest absolute Gasteiger partial charge is 0.465 e. The van der Waals surface area contributed by atoms with Crippen LogP contribution in [0.5, 0.6) is 5.88 Å². The molecule has 10 nitrogen and oxygen atoms in total. The van der Waals surface area contributed by atoms with Gasteiger partial charge >= 0.3 is 5.76 Å². The van der Waals surface area contributed by atoms with Gasteiger partial charge in [0.2, 0.25) is 5.82 Å². The highest BCUT2D eigenvalue weighted by atomic mass is 32.3. The first-order valence-electron chi connectivity index (χ1n) is 8.65. The number of fused-ring (bicyclic) bond motifs is 1. The van der Waals surface area contributed by atoms with Crippen LogP contribution in [0.2, 0.25) is 0 Å². The Hall–Kier alpha value is -2.37. The first-order valence-corrected chi connectivity index (χ1v) is 11.7. The molecule has 1 aliphatic heterocycles. The molecule has 1 amide bonds. The predicted molar refractivity (Wildman–Crippen MR) is 105 cm³/mol. The number of ether oxygens (including phenoxy) is 2. The zero-order chi connectivity index (χ0) is 20.3. The Kier molecular flexibility index (Phi) is 6.06. The van der Waals surface area contributed by atoms with Gasteiger partial charge in [0.1, 0.15) is 12.5 Å². The third-order valence-electron chi connectivity index (χ3n) is 3.95. The maximum absolute atomic E-state index is 12.3. The lowest BCUT2D eigenvalue weighted by molar-refractivity contribution is -0.122. The Morgan fingerprint density at radius 2 is 2.11 bits per heavy atom. The number of hydrogen-bond acceptors (Lipinski definition) is 8. The van der Waals surface area contributed by atoms with Gasteiger partial charge in [-0.3, -0.25) is 9.69 Å². The van der Waals surface area contributed by atoms with Crippen molar-refractivity contribution < 1.29 is 23.8 Å². The minimum Gasteiger partial charge on any atom is -0.465 e. The van der Waals surface area contributed by atoms with E-state index in [0.29, 0.717) is 12.4 Å². The van der Waals surface area contributed by atoms with Crippen LogP contribution in [-0.4, -0.2) is 76.6 Å². The Morgan fingerprint density at radius 1 is 1.32 bits per heavy atom. The second-order valence-electron chi connectivity index (χ2n) is 7.11. The topological polar surface area (TPSA) is 120 Å². The number of aliphatic hydroxyl groups excluding tert-OH is 1. The van der Waals surface area contributed by atoms with Gasteiger partial charge < -0.3 is 19.0 Å². The zero-order valence-corrected chi connectivity index (χ0v) is 16.9. The number of carbonyl (C=O) groups is 1.